The van der Waals surface area contributed by atoms with Crippen LogP contribution in [0.15, 0.2) is 23.1 Å². The van der Waals surface area contributed by atoms with Crippen LogP contribution in [-0.4, -0.2) is 20.2 Å². The number of rotatable bonds is 0. The maximum Gasteiger partial charge on any atom is 0.271 e. The van der Waals surface area contributed by atoms with Crippen molar-refractivity contribution in [2.24, 2.45) is 0 Å². The normalized spacial score (nSPS) is 11.1. The number of hydrogen-bond acceptors (Lipinski definition) is 3. The van der Waals surface area contributed by atoms with Gasteiger partial charge in [-0.2, -0.15) is 0 Å². The summed E-state index contributed by atoms with van der Waals surface area (Å²) in [5.74, 6) is 0. The van der Waals surface area contributed by atoms with Crippen molar-refractivity contribution >= 4 is 21.8 Å². The highest BCUT2D eigenvalue weighted by molar-refractivity contribution is 5.93. The predicted octanol–water partition coefficient (Wildman–Crippen LogP) is 0.600. The molecule has 2 N–H and O–H groups in total. The number of benzene rings is 1. The third kappa shape index (κ3) is 0.861. The monoisotopic (exact) mass is 185 g/mol. The summed E-state index contributed by atoms with van der Waals surface area (Å²) < 4.78 is 0. The van der Waals surface area contributed by atoms with Gasteiger partial charge in [-0.3, -0.25) is 15.0 Å². The number of fused-ring (bicyclic) bond motifs is 2. The van der Waals surface area contributed by atoms with Crippen molar-refractivity contribution in [3.63, 3.8) is 0 Å². The Hall–Kier alpha value is -2.17. The van der Waals surface area contributed by atoms with Gasteiger partial charge < -0.3 is 0 Å². The van der Waals surface area contributed by atoms with Gasteiger partial charge in [0.2, 0.25) is 0 Å². The molecule has 0 amide bonds. The number of nitrogens with zero attached hydrogens (tertiary/aromatic N) is 2. The summed E-state index contributed by atoms with van der Waals surface area (Å²) >= 11 is 0. The summed E-state index contributed by atoms with van der Waals surface area (Å²) in [6.07, 6.45) is 4.15. The fourth-order valence-corrected chi connectivity index (χ4v) is 1.47. The van der Waals surface area contributed by atoms with E-state index in [1.54, 1.807) is 12.3 Å². The van der Waals surface area contributed by atoms with E-state index in [1.165, 1.54) is 0 Å². The zero-order valence-corrected chi connectivity index (χ0v) is 7.03. The lowest BCUT2D eigenvalue weighted by Crippen LogP contribution is -1.97. The zero-order valence-electron chi connectivity index (χ0n) is 7.03. The highest BCUT2D eigenvalue weighted by Gasteiger charge is 2.03. The second-order valence-electron chi connectivity index (χ2n) is 3.01. The van der Waals surface area contributed by atoms with Crippen molar-refractivity contribution in [3.8, 4) is 0 Å². The molecule has 0 saturated heterocycles. The van der Waals surface area contributed by atoms with Gasteiger partial charge in [0.05, 0.1) is 16.4 Å². The van der Waals surface area contributed by atoms with Gasteiger partial charge in [0.1, 0.15) is 0 Å². The van der Waals surface area contributed by atoms with Gasteiger partial charge >= 0.3 is 0 Å². The van der Waals surface area contributed by atoms with E-state index in [-0.39, 0.29) is 5.56 Å². The molecule has 0 fully saturated rings. The van der Waals surface area contributed by atoms with Gasteiger partial charge in [-0.15, -0.1) is 0 Å². The molecule has 5 heteroatoms. The fraction of sp³-hybridized carbons (Fsp3) is 0. The van der Waals surface area contributed by atoms with E-state index in [2.05, 4.69) is 26.5 Å². The Balaban J connectivity index is 2.61. The first-order valence-electron chi connectivity index (χ1n) is 4.08. The van der Waals surface area contributed by atoms with Gasteiger partial charge in [0.25, 0.3) is 5.56 Å². The Morgan fingerprint density at radius 3 is 3.14 bits per heavy atom. The molecule has 2 aromatic heterocycles. The second-order valence-corrected chi connectivity index (χ2v) is 3.01. The molecule has 0 aliphatic rings. The molecule has 0 spiro atoms. The van der Waals surface area contributed by atoms with Crippen LogP contribution in [-0.2, 0) is 0 Å². The Kier molecular flexibility index (Phi) is 1.25. The molecule has 0 atom stereocenters. The molecular formula is C9H5N4O. The SMILES string of the molecule is O=c1[nH][nH]c2cc3cn[c]nc3cc12. The Morgan fingerprint density at radius 2 is 2.21 bits per heavy atom. The zero-order chi connectivity index (χ0) is 9.54. The number of nitrogens with one attached hydrogen (secondary N) is 2. The van der Waals surface area contributed by atoms with E-state index >= 15 is 0 Å². The highest BCUT2D eigenvalue weighted by atomic mass is 16.1. The van der Waals surface area contributed by atoms with Crippen LogP contribution in [0, 0.1) is 6.33 Å². The summed E-state index contributed by atoms with van der Waals surface area (Å²) in [7, 11) is 0. The van der Waals surface area contributed by atoms with Gasteiger partial charge in [-0.1, -0.05) is 0 Å². The smallest absolute Gasteiger partial charge is 0.271 e. The van der Waals surface area contributed by atoms with Gasteiger partial charge in [-0.05, 0) is 12.1 Å². The molecule has 14 heavy (non-hydrogen) atoms. The molecule has 0 aliphatic heterocycles. The van der Waals surface area contributed by atoms with Crippen molar-refractivity contribution in [1.29, 1.82) is 0 Å². The number of aromatic nitrogens is 4. The summed E-state index contributed by atoms with van der Waals surface area (Å²) in [5.41, 5.74) is 1.34. The van der Waals surface area contributed by atoms with E-state index in [0.717, 1.165) is 16.4 Å². The average Bonchev–Trinajstić information content (AvgIpc) is 2.57. The number of hydrogen-bond donors (Lipinski definition) is 2. The number of aromatic amines is 2. The van der Waals surface area contributed by atoms with Gasteiger partial charge in [-0.25, -0.2) is 9.97 Å². The molecule has 0 aliphatic carbocycles. The van der Waals surface area contributed by atoms with Gasteiger partial charge in [0.15, 0.2) is 6.33 Å². The molecule has 67 valence electrons. The van der Waals surface area contributed by atoms with Crippen molar-refractivity contribution in [2.75, 3.05) is 0 Å². The van der Waals surface area contributed by atoms with Gasteiger partial charge in [0, 0.05) is 11.6 Å². The molecule has 3 aromatic rings. The van der Waals surface area contributed by atoms with Crippen molar-refractivity contribution in [3.05, 3.63) is 35.0 Å². The minimum absolute atomic E-state index is 0.138. The Bertz CT molecular complexity index is 667. The van der Waals surface area contributed by atoms with Crippen LogP contribution in [0.4, 0.5) is 0 Å². The van der Waals surface area contributed by atoms with Crippen molar-refractivity contribution < 1.29 is 0 Å². The first kappa shape index (κ1) is 7.25. The Labute approximate surface area is 77.8 Å². The summed E-state index contributed by atoms with van der Waals surface area (Å²) in [5, 5.41) is 6.77. The third-order valence-corrected chi connectivity index (χ3v) is 2.15. The molecule has 1 aromatic carbocycles. The molecular weight excluding hydrogens is 180 g/mol. The summed E-state index contributed by atoms with van der Waals surface area (Å²) in [4.78, 5) is 19.0. The van der Waals surface area contributed by atoms with Crippen molar-refractivity contribution in [1.82, 2.24) is 20.2 Å². The third-order valence-electron chi connectivity index (χ3n) is 2.15. The van der Waals surface area contributed by atoms with Crippen LogP contribution in [0.5, 0.6) is 0 Å². The Morgan fingerprint density at radius 1 is 1.29 bits per heavy atom. The van der Waals surface area contributed by atoms with Crippen molar-refractivity contribution in [2.45, 2.75) is 0 Å². The topological polar surface area (TPSA) is 74.4 Å². The maximum atomic E-state index is 11.3. The lowest BCUT2D eigenvalue weighted by molar-refractivity contribution is 1.08. The van der Waals surface area contributed by atoms with Crippen LogP contribution < -0.4 is 5.56 Å². The lowest BCUT2D eigenvalue weighted by Gasteiger charge is -1.93. The summed E-state index contributed by atoms with van der Waals surface area (Å²) in [6.45, 7) is 0. The first-order chi connectivity index (χ1) is 6.84. The van der Waals surface area contributed by atoms with Crippen LogP contribution in [0.1, 0.15) is 0 Å². The van der Waals surface area contributed by atoms with E-state index < -0.39 is 0 Å². The molecule has 5 nitrogen and oxygen atoms in total. The fourth-order valence-electron chi connectivity index (χ4n) is 1.47. The van der Waals surface area contributed by atoms with Crippen LogP contribution in [0.25, 0.3) is 21.8 Å². The molecule has 1 radical (unpaired) electrons. The van der Waals surface area contributed by atoms with Crippen LogP contribution in [0.2, 0.25) is 0 Å². The second kappa shape index (κ2) is 2.41. The van der Waals surface area contributed by atoms with E-state index in [1.807, 2.05) is 6.07 Å². The molecule has 0 bridgehead atoms. The molecule has 0 saturated carbocycles. The minimum Gasteiger partial charge on any atom is -0.297 e. The molecule has 3 rings (SSSR count). The number of H-pyrrole nitrogens is 2. The average molecular weight is 185 g/mol. The van der Waals surface area contributed by atoms with Crippen LogP contribution in [0.3, 0.4) is 0 Å². The lowest BCUT2D eigenvalue weighted by atomic mass is 10.2. The molecule has 0 unspecified atom stereocenters. The van der Waals surface area contributed by atoms with E-state index in [4.69, 9.17) is 0 Å². The van der Waals surface area contributed by atoms with E-state index in [0.29, 0.717) is 5.39 Å². The minimum atomic E-state index is -0.138. The quantitative estimate of drug-likeness (QED) is 0.538. The summed E-state index contributed by atoms with van der Waals surface area (Å²) in [6, 6.07) is 3.55. The first-order valence-corrected chi connectivity index (χ1v) is 4.08. The highest BCUT2D eigenvalue weighted by Crippen LogP contribution is 2.15. The predicted molar refractivity (Wildman–Crippen MR) is 50.9 cm³/mol. The molecule has 2 heterocycles. The largest absolute Gasteiger partial charge is 0.297 e. The standard InChI is InChI=1S/C9H5N4O/c14-9-6-2-7-5(3-10-4-11-7)1-8(6)12-13-9/h1-3H,(H2,12,13,14). The van der Waals surface area contributed by atoms with E-state index in [9.17, 15) is 4.79 Å². The maximum absolute atomic E-state index is 11.3. The van der Waals surface area contributed by atoms with Crippen LogP contribution >= 0.6 is 0 Å².